The van der Waals surface area contributed by atoms with Gasteiger partial charge < -0.3 is 19.5 Å². The molecule has 1 aliphatic rings. The highest BCUT2D eigenvalue weighted by atomic mass is 16.3. The Bertz CT molecular complexity index is 649. The summed E-state index contributed by atoms with van der Waals surface area (Å²) in [6.45, 7) is 3.16. The summed E-state index contributed by atoms with van der Waals surface area (Å²) < 4.78 is 5.89. The quantitative estimate of drug-likeness (QED) is 0.856. The monoisotopic (exact) mass is 330 g/mol. The molecule has 0 aliphatic carbocycles. The van der Waals surface area contributed by atoms with E-state index in [1.54, 1.807) is 0 Å². The van der Waals surface area contributed by atoms with Gasteiger partial charge in [-0.2, -0.15) is 0 Å². The highest BCUT2D eigenvalue weighted by molar-refractivity contribution is 5.74. The number of carbonyl (C=O) groups excluding carboxylic acids is 1. The molecular formula is C18H26N4O2. The Morgan fingerprint density at radius 3 is 3.04 bits per heavy atom. The van der Waals surface area contributed by atoms with Crippen molar-refractivity contribution in [2.24, 2.45) is 0 Å². The molecule has 0 saturated carbocycles. The van der Waals surface area contributed by atoms with E-state index in [1.807, 2.05) is 43.3 Å². The van der Waals surface area contributed by atoms with Gasteiger partial charge in [-0.05, 0) is 52.0 Å². The van der Waals surface area contributed by atoms with Crippen molar-refractivity contribution in [2.45, 2.75) is 25.2 Å². The lowest BCUT2D eigenvalue weighted by Gasteiger charge is -2.31. The minimum Gasteiger partial charge on any atom is -0.440 e. The summed E-state index contributed by atoms with van der Waals surface area (Å²) in [5.74, 6) is 0.931. The number of rotatable bonds is 5. The summed E-state index contributed by atoms with van der Waals surface area (Å²) >= 11 is 0. The number of piperidine rings is 1. The third kappa shape index (κ3) is 4.06. The maximum atomic E-state index is 12.3. The van der Waals surface area contributed by atoms with E-state index in [4.69, 9.17) is 4.42 Å². The number of urea groups is 1. The second-order valence-corrected chi connectivity index (χ2v) is 6.69. The maximum Gasteiger partial charge on any atom is 0.317 e. The van der Waals surface area contributed by atoms with Crippen LogP contribution in [-0.2, 0) is 0 Å². The second-order valence-electron chi connectivity index (χ2n) is 6.69. The molecule has 1 saturated heterocycles. The van der Waals surface area contributed by atoms with E-state index < -0.39 is 0 Å². The van der Waals surface area contributed by atoms with Crippen molar-refractivity contribution in [1.82, 2.24) is 20.1 Å². The summed E-state index contributed by atoms with van der Waals surface area (Å²) in [5, 5.41) is 3.02. The first-order chi connectivity index (χ1) is 11.6. The molecule has 1 fully saturated rings. The fraction of sp³-hybridized carbons (Fsp3) is 0.556. The third-order valence-electron chi connectivity index (χ3n) is 4.43. The van der Waals surface area contributed by atoms with Crippen LogP contribution in [0.1, 0.15) is 31.1 Å². The number of para-hydroxylation sites is 2. The Morgan fingerprint density at radius 2 is 2.25 bits per heavy atom. The van der Waals surface area contributed by atoms with E-state index >= 15 is 0 Å². The molecule has 0 radical (unpaired) electrons. The first kappa shape index (κ1) is 16.8. The van der Waals surface area contributed by atoms with E-state index in [2.05, 4.69) is 15.2 Å². The number of amides is 2. The third-order valence-corrected chi connectivity index (χ3v) is 4.43. The number of aromatic nitrogens is 1. The highest BCUT2D eigenvalue weighted by Gasteiger charge is 2.27. The lowest BCUT2D eigenvalue weighted by atomic mass is 9.98. The zero-order chi connectivity index (χ0) is 16.9. The number of likely N-dealkylation sites (tertiary alicyclic amines) is 1. The van der Waals surface area contributed by atoms with Crippen LogP contribution in [-0.4, -0.2) is 61.1 Å². The summed E-state index contributed by atoms with van der Waals surface area (Å²) in [6.07, 6.45) is 2.95. The lowest BCUT2D eigenvalue weighted by molar-refractivity contribution is 0.174. The number of fused-ring (bicyclic) bond motifs is 1. The number of benzene rings is 1. The average Bonchev–Trinajstić information content (AvgIpc) is 3.02. The van der Waals surface area contributed by atoms with Crippen molar-refractivity contribution in [3.05, 3.63) is 30.2 Å². The Kier molecular flexibility index (Phi) is 5.35. The van der Waals surface area contributed by atoms with Gasteiger partial charge in [0, 0.05) is 19.6 Å². The van der Waals surface area contributed by atoms with Crippen molar-refractivity contribution >= 4 is 17.1 Å². The molecule has 24 heavy (non-hydrogen) atoms. The number of hydrogen-bond donors (Lipinski definition) is 1. The molecule has 0 bridgehead atoms. The number of hydrogen-bond acceptors (Lipinski definition) is 4. The normalized spacial score (nSPS) is 18.3. The van der Waals surface area contributed by atoms with Gasteiger partial charge in [0.1, 0.15) is 5.52 Å². The summed E-state index contributed by atoms with van der Waals surface area (Å²) in [6, 6.07) is 7.83. The molecule has 1 unspecified atom stereocenters. The van der Waals surface area contributed by atoms with Gasteiger partial charge in [0.05, 0.1) is 5.92 Å². The van der Waals surface area contributed by atoms with Gasteiger partial charge in [0.2, 0.25) is 0 Å². The molecule has 6 heteroatoms. The predicted octanol–water partition coefficient (Wildman–Crippen LogP) is 2.67. The Morgan fingerprint density at radius 1 is 1.42 bits per heavy atom. The van der Waals surface area contributed by atoms with E-state index in [0.29, 0.717) is 13.1 Å². The maximum absolute atomic E-state index is 12.3. The molecule has 130 valence electrons. The number of carbonyl (C=O) groups is 1. The van der Waals surface area contributed by atoms with Crippen molar-refractivity contribution in [1.29, 1.82) is 0 Å². The van der Waals surface area contributed by atoms with E-state index in [0.717, 1.165) is 49.3 Å². The first-order valence-electron chi connectivity index (χ1n) is 8.66. The van der Waals surface area contributed by atoms with Gasteiger partial charge in [-0.25, -0.2) is 9.78 Å². The van der Waals surface area contributed by atoms with Crippen LogP contribution in [0.4, 0.5) is 4.79 Å². The molecule has 1 aromatic heterocycles. The van der Waals surface area contributed by atoms with Crippen molar-refractivity contribution in [2.75, 3.05) is 40.3 Å². The smallest absolute Gasteiger partial charge is 0.317 e. The Balaban J connectivity index is 1.56. The number of nitrogens with zero attached hydrogens (tertiary/aromatic N) is 3. The van der Waals surface area contributed by atoms with Gasteiger partial charge in [-0.1, -0.05) is 12.1 Å². The highest BCUT2D eigenvalue weighted by Crippen LogP contribution is 2.28. The Hall–Kier alpha value is -2.08. The Labute approximate surface area is 142 Å². The molecule has 1 aromatic carbocycles. The predicted molar refractivity (Wildman–Crippen MR) is 94.1 cm³/mol. The van der Waals surface area contributed by atoms with Gasteiger partial charge in [0.15, 0.2) is 11.5 Å². The van der Waals surface area contributed by atoms with Crippen LogP contribution >= 0.6 is 0 Å². The van der Waals surface area contributed by atoms with Gasteiger partial charge in [-0.3, -0.25) is 0 Å². The van der Waals surface area contributed by atoms with Crippen LogP contribution in [0.3, 0.4) is 0 Å². The van der Waals surface area contributed by atoms with Crippen molar-refractivity contribution in [3.8, 4) is 0 Å². The zero-order valence-corrected chi connectivity index (χ0v) is 14.5. The standard InChI is InChI=1S/C18H26N4O2/c1-21(2)11-6-10-19-18(23)22-12-5-7-14(13-22)17-20-15-8-3-4-9-16(15)24-17/h3-4,8-9,14H,5-7,10-13H2,1-2H3,(H,19,23). The molecule has 3 rings (SSSR count). The molecule has 1 atom stereocenters. The minimum atomic E-state index is 0.0227. The van der Waals surface area contributed by atoms with Crippen molar-refractivity contribution in [3.63, 3.8) is 0 Å². The van der Waals surface area contributed by atoms with Gasteiger partial charge in [0.25, 0.3) is 0 Å². The summed E-state index contributed by atoms with van der Waals surface area (Å²) in [4.78, 5) is 20.9. The summed E-state index contributed by atoms with van der Waals surface area (Å²) in [7, 11) is 4.08. The average molecular weight is 330 g/mol. The van der Waals surface area contributed by atoms with Gasteiger partial charge >= 0.3 is 6.03 Å². The molecule has 1 aliphatic heterocycles. The van der Waals surface area contributed by atoms with Crippen LogP contribution < -0.4 is 5.32 Å². The fourth-order valence-electron chi connectivity index (χ4n) is 3.13. The van der Waals surface area contributed by atoms with E-state index in [-0.39, 0.29) is 11.9 Å². The van der Waals surface area contributed by atoms with Crippen LogP contribution in [0.15, 0.2) is 28.7 Å². The molecule has 0 spiro atoms. The minimum absolute atomic E-state index is 0.0227. The molecule has 2 heterocycles. The van der Waals surface area contributed by atoms with Crippen molar-refractivity contribution < 1.29 is 9.21 Å². The molecule has 2 aromatic rings. The topological polar surface area (TPSA) is 61.6 Å². The van der Waals surface area contributed by atoms with Gasteiger partial charge in [-0.15, -0.1) is 0 Å². The number of nitrogens with one attached hydrogen (secondary N) is 1. The molecule has 2 amide bonds. The van der Waals surface area contributed by atoms with Crippen LogP contribution in [0, 0.1) is 0 Å². The molecule has 6 nitrogen and oxygen atoms in total. The SMILES string of the molecule is CN(C)CCCNC(=O)N1CCCC(c2nc3ccccc3o2)C1. The fourth-order valence-corrected chi connectivity index (χ4v) is 3.13. The van der Waals surface area contributed by atoms with Crippen LogP contribution in [0.2, 0.25) is 0 Å². The lowest BCUT2D eigenvalue weighted by Crippen LogP contribution is -2.45. The largest absolute Gasteiger partial charge is 0.440 e. The van der Waals surface area contributed by atoms with Crippen LogP contribution in [0.25, 0.3) is 11.1 Å². The van der Waals surface area contributed by atoms with Crippen LogP contribution in [0.5, 0.6) is 0 Å². The van der Waals surface area contributed by atoms with E-state index in [9.17, 15) is 4.79 Å². The van der Waals surface area contributed by atoms with E-state index in [1.165, 1.54) is 0 Å². The number of oxazole rings is 1. The second kappa shape index (κ2) is 7.66. The molecular weight excluding hydrogens is 304 g/mol. The first-order valence-corrected chi connectivity index (χ1v) is 8.66. The zero-order valence-electron chi connectivity index (χ0n) is 14.5. The molecule has 1 N–H and O–H groups in total. The summed E-state index contributed by atoms with van der Waals surface area (Å²) in [5.41, 5.74) is 1.70.